The summed E-state index contributed by atoms with van der Waals surface area (Å²) >= 11 is 0. The van der Waals surface area contributed by atoms with Crippen LogP contribution in [0.5, 0.6) is 0 Å². The minimum absolute atomic E-state index is 0.159. The van der Waals surface area contributed by atoms with Crippen molar-refractivity contribution >= 4 is 5.91 Å². The number of nitrogens with zero attached hydrogens (tertiary/aromatic N) is 3. The molecule has 2 N–H and O–H groups in total. The molecule has 0 radical (unpaired) electrons. The second-order valence-electron chi connectivity index (χ2n) is 5.35. The molecule has 7 heteroatoms. The van der Waals surface area contributed by atoms with E-state index in [1.807, 2.05) is 6.92 Å². The molecule has 1 amide bonds. The first-order valence-corrected chi connectivity index (χ1v) is 7.01. The highest BCUT2D eigenvalue weighted by Crippen LogP contribution is 2.21. The fourth-order valence-electron chi connectivity index (χ4n) is 2.33. The summed E-state index contributed by atoms with van der Waals surface area (Å²) in [6, 6.07) is 0. The van der Waals surface area contributed by atoms with E-state index >= 15 is 0 Å². The molecule has 1 aromatic heterocycles. The Morgan fingerprint density at radius 2 is 2.20 bits per heavy atom. The van der Waals surface area contributed by atoms with Gasteiger partial charge in [0.1, 0.15) is 5.82 Å². The van der Waals surface area contributed by atoms with Crippen LogP contribution in [0.15, 0.2) is 0 Å². The smallest absolute Gasteiger partial charge is 0.293 e. The number of likely N-dealkylation sites (N-methyl/N-ethyl adjacent to an activating group) is 1. The molecule has 0 aromatic carbocycles. The molecular weight excluding hydrogens is 260 g/mol. The summed E-state index contributed by atoms with van der Waals surface area (Å²) in [5.41, 5.74) is -0.870. The molecule has 1 fully saturated rings. The molecule has 1 aromatic rings. The summed E-state index contributed by atoms with van der Waals surface area (Å²) in [4.78, 5) is 17.9. The molecule has 1 aliphatic heterocycles. The van der Waals surface area contributed by atoms with Gasteiger partial charge >= 0.3 is 0 Å². The van der Waals surface area contributed by atoms with Crippen LogP contribution in [0, 0.1) is 0 Å². The van der Waals surface area contributed by atoms with Gasteiger partial charge in [-0.25, -0.2) is 4.98 Å². The van der Waals surface area contributed by atoms with Gasteiger partial charge in [0, 0.05) is 46.1 Å². The lowest BCUT2D eigenvalue weighted by Crippen LogP contribution is -2.47. The molecule has 0 spiro atoms. The maximum Gasteiger partial charge on any atom is 0.293 e. The number of aliphatic hydroxyl groups is 1. The third kappa shape index (κ3) is 3.55. The average molecular weight is 282 g/mol. The number of hydrogen-bond acceptors (Lipinski definition) is 5. The molecule has 20 heavy (non-hydrogen) atoms. The van der Waals surface area contributed by atoms with E-state index in [1.165, 1.54) is 4.90 Å². The van der Waals surface area contributed by atoms with Gasteiger partial charge in [-0.15, -0.1) is 5.10 Å². The Bertz CT molecular complexity index is 454. The van der Waals surface area contributed by atoms with E-state index in [1.54, 1.807) is 7.05 Å². The molecule has 0 bridgehead atoms. The van der Waals surface area contributed by atoms with Crippen LogP contribution in [0.3, 0.4) is 0 Å². The van der Waals surface area contributed by atoms with Gasteiger partial charge in [-0.05, 0) is 6.42 Å². The monoisotopic (exact) mass is 282 g/mol. The van der Waals surface area contributed by atoms with E-state index in [0.29, 0.717) is 31.9 Å². The number of aromatic nitrogens is 3. The predicted octanol–water partition coefficient (Wildman–Crippen LogP) is 0.371. The van der Waals surface area contributed by atoms with Crippen molar-refractivity contribution in [1.82, 2.24) is 20.1 Å². The third-order valence-corrected chi connectivity index (χ3v) is 3.51. The number of aromatic amines is 1. The molecule has 0 unspecified atom stereocenters. The van der Waals surface area contributed by atoms with E-state index in [9.17, 15) is 9.90 Å². The van der Waals surface area contributed by atoms with Crippen molar-refractivity contribution in [1.29, 1.82) is 0 Å². The zero-order valence-electron chi connectivity index (χ0n) is 12.1. The van der Waals surface area contributed by atoms with Crippen LogP contribution in [-0.4, -0.2) is 63.5 Å². The first kappa shape index (κ1) is 14.9. The SMILES string of the molecule is CCCc1nc(C(=O)N(C)CC2(O)CCOCC2)n[nH]1. The number of ether oxygens (including phenoxy) is 1. The van der Waals surface area contributed by atoms with Crippen molar-refractivity contribution in [3.63, 3.8) is 0 Å². The number of nitrogens with one attached hydrogen (secondary N) is 1. The van der Waals surface area contributed by atoms with E-state index < -0.39 is 5.60 Å². The average Bonchev–Trinajstić information content (AvgIpc) is 2.87. The topological polar surface area (TPSA) is 91.3 Å². The summed E-state index contributed by atoms with van der Waals surface area (Å²) in [7, 11) is 1.66. The first-order valence-electron chi connectivity index (χ1n) is 7.01. The number of H-pyrrole nitrogens is 1. The van der Waals surface area contributed by atoms with Crippen molar-refractivity contribution in [2.75, 3.05) is 26.8 Å². The molecule has 7 nitrogen and oxygen atoms in total. The van der Waals surface area contributed by atoms with Crippen LogP contribution >= 0.6 is 0 Å². The number of amides is 1. The van der Waals surface area contributed by atoms with E-state index in [4.69, 9.17) is 4.74 Å². The Morgan fingerprint density at radius 1 is 1.50 bits per heavy atom. The minimum Gasteiger partial charge on any atom is -0.388 e. The van der Waals surface area contributed by atoms with Gasteiger partial charge in [-0.2, -0.15) is 0 Å². The standard InChI is InChI=1S/C13H22N4O3/c1-3-4-10-14-11(16-15-10)12(18)17(2)9-13(19)5-7-20-8-6-13/h19H,3-9H2,1-2H3,(H,14,15,16). The maximum atomic E-state index is 12.2. The molecular formula is C13H22N4O3. The summed E-state index contributed by atoms with van der Waals surface area (Å²) < 4.78 is 5.23. The largest absolute Gasteiger partial charge is 0.388 e. The van der Waals surface area contributed by atoms with Crippen LogP contribution in [-0.2, 0) is 11.2 Å². The quantitative estimate of drug-likeness (QED) is 0.814. The number of aryl methyl sites for hydroxylation is 1. The number of hydrogen-bond donors (Lipinski definition) is 2. The molecule has 1 saturated heterocycles. The van der Waals surface area contributed by atoms with Crippen molar-refractivity contribution in [2.45, 2.75) is 38.2 Å². The van der Waals surface area contributed by atoms with Gasteiger partial charge in [-0.1, -0.05) is 6.92 Å². The summed E-state index contributed by atoms with van der Waals surface area (Å²) in [6.45, 7) is 3.36. The molecule has 2 heterocycles. The first-order chi connectivity index (χ1) is 9.54. The highest BCUT2D eigenvalue weighted by Gasteiger charge is 2.33. The molecule has 0 aliphatic carbocycles. The van der Waals surface area contributed by atoms with Crippen molar-refractivity contribution in [3.05, 3.63) is 11.6 Å². The van der Waals surface area contributed by atoms with Gasteiger partial charge in [0.2, 0.25) is 5.82 Å². The van der Waals surface area contributed by atoms with E-state index in [-0.39, 0.29) is 18.3 Å². The Kier molecular flexibility index (Phi) is 4.72. The zero-order valence-corrected chi connectivity index (χ0v) is 12.1. The van der Waals surface area contributed by atoms with Crippen LogP contribution < -0.4 is 0 Å². The molecule has 1 aliphatic rings. The Morgan fingerprint density at radius 3 is 2.85 bits per heavy atom. The van der Waals surface area contributed by atoms with Gasteiger partial charge in [0.25, 0.3) is 5.91 Å². The highest BCUT2D eigenvalue weighted by atomic mass is 16.5. The number of carbonyl (C=O) groups excluding carboxylic acids is 1. The Labute approximate surface area is 118 Å². The number of rotatable bonds is 5. The summed E-state index contributed by atoms with van der Waals surface area (Å²) in [5, 5.41) is 17.1. The molecule has 0 saturated carbocycles. The second-order valence-corrected chi connectivity index (χ2v) is 5.35. The Balaban J connectivity index is 1.96. The summed E-state index contributed by atoms with van der Waals surface area (Å²) in [6.07, 6.45) is 2.79. The summed E-state index contributed by atoms with van der Waals surface area (Å²) in [5.74, 6) is 0.601. The van der Waals surface area contributed by atoms with Gasteiger partial charge in [0.15, 0.2) is 0 Å². The lowest BCUT2D eigenvalue weighted by molar-refractivity contribution is -0.0735. The van der Waals surface area contributed by atoms with Gasteiger partial charge in [0.05, 0.1) is 5.60 Å². The fraction of sp³-hybridized carbons (Fsp3) is 0.769. The van der Waals surface area contributed by atoms with Gasteiger partial charge in [-0.3, -0.25) is 9.89 Å². The van der Waals surface area contributed by atoms with E-state index in [0.717, 1.165) is 12.8 Å². The van der Waals surface area contributed by atoms with Crippen molar-refractivity contribution < 1.29 is 14.6 Å². The van der Waals surface area contributed by atoms with Crippen molar-refractivity contribution in [2.24, 2.45) is 0 Å². The minimum atomic E-state index is -0.870. The second kappa shape index (κ2) is 6.32. The Hall–Kier alpha value is -1.47. The van der Waals surface area contributed by atoms with Crippen LogP contribution in [0.4, 0.5) is 0 Å². The number of carbonyl (C=O) groups is 1. The lowest BCUT2D eigenvalue weighted by Gasteiger charge is -2.35. The van der Waals surface area contributed by atoms with Crippen LogP contribution in [0.25, 0.3) is 0 Å². The molecule has 112 valence electrons. The zero-order chi connectivity index (χ0) is 14.6. The normalized spacial score (nSPS) is 17.9. The third-order valence-electron chi connectivity index (χ3n) is 3.51. The van der Waals surface area contributed by atoms with Crippen LogP contribution in [0.2, 0.25) is 0 Å². The maximum absolute atomic E-state index is 12.2. The van der Waals surface area contributed by atoms with Crippen molar-refractivity contribution in [3.8, 4) is 0 Å². The lowest BCUT2D eigenvalue weighted by atomic mass is 9.94. The predicted molar refractivity (Wildman–Crippen MR) is 72.3 cm³/mol. The van der Waals surface area contributed by atoms with E-state index in [2.05, 4.69) is 15.2 Å². The van der Waals surface area contributed by atoms with Gasteiger partial charge < -0.3 is 14.7 Å². The van der Waals surface area contributed by atoms with Crippen LogP contribution in [0.1, 0.15) is 42.6 Å². The highest BCUT2D eigenvalue weighted by molar-refractivity contribution is 5.90. The fourth-order valence-corrected chi connectivity index (χ4v) is 2.33. The molecule has 0 atom stereocenters. The molecule has 2 rings (SSSR count).